The molecule has 2 aromatic carbocycles. The summed E-state index contributed by atoms with van der Waals surface area (Å²) in [5, 5.41) is 9.26. The van der Waals surface area contributed by atoms with Gasteiger partial charge in [-0.25, -0.2) is 4.79 Å². The van der Waals surface area contributed by atoms with Crippen molar-refractivity contribution in [3.63, 3.8) is 0 Å². The second-order valence-corrected chi connectivity index (χ2v) is 9.63. The minimum atomic E-state index is -0.947. The predicted molar refractivity (Wildman–Crippen MR) is 140 cm³/mol. The van der Waals surface area contributed by atoms with Crippen molar-refractivity contribution in [1.29, 1.82) is 0 Å². The molecule has 1 atom stereocenters. The molecule has 194 valence electrons. The standard InChI is InChI=1S/C30H38O6/c1-2-33-29(30(31)32)20-22-13-15-24(16-14-22)34-17-7-8-23-18-27(35-25-9-3-4-10-25)21-28(19-23)36-26-11-5-6-12-26/h7-8,13-16,18-19,21,25-26,29H,2-6,9-12,17,20H2,1H3,(H,31,32). The monoisotopic (exact) mass is 494 g/mol. The molecule has 0 bridgehead atoms. The van der Waals surface area contributed by atoms with Crippen LogP contribution in [-0.2, 0) is 16.0 Å². The molecule has 2 aliphatic carbocycles. The molecule has 0 spiro atoms. The van der Waals surface area contributed by atoms with Crippen LogP contribution in [0.25, 0.3) is 6.08 Å². The maximum atomic E-state index is 11.3. The molecule has 0 aromatic heterocycles. The summed E-state index contributed by atoms with van der Waals surface area (Å²) in [7, 11) is 0. The Balaban J connectivity index is 1.34. The molecule has 1 N–H and O–H groups in total. The lowest BCUT2D eigenvalue weighted by Gasteiger charge is -2.17. The highest BCUT2D eigenvalue weighted by atomic mass is 16.5. The number of aliphatic carboxylic acids is 1. The van der Waals surface area contributed by atoms with Crippen molar-refractivity contribution in [2.75, 3.05) is 13.2 Å². The van der Waals surface area contributed by atoms with Gasteiger partial charge in [-0.15, -0.1) is 0 Å². The number of carboxylic acids is 1. The summed E-state index contributed by atoms with van der Waals surface area (Å²) < 4.78 is 23.7. The molecule has 0 aliphatic heterocycles. The quantitative estimate of drug-likeness (QED) is 0.345. The highest BCUT2D eigenvalue weighted by molar-refractivity contribution is 5.72. The van der Waals surface area contributed by atoms with Crippen molar-refractivity contribution in [3.05, 3.63) is 59.7 Å². The van der Waals surface area contributed by atoms with Crippen LogP contribution >= 0.6 is 0 Å². The van der Waals surface area contributed by atoms with Gasteiger partial charge in [0.2, 0.25) is 0 Å². The minimum absolute atomic E-state index is 0.300. The van der Waals surface area contributed by atoms with E-state index in [1.165, 1.54) is 25.7 Å². The summed E-state index contributed by atoms with van der Waals surface area (Å²) in [5.41, 5.74) is 1.93. The average Bonchev–Trinajstić information content (AvgIpc) is 3.57. The van der Waals surface area contributed by atoms with Crippen LogP contribution in [0.15, 0.2) is 48.5 Å². The van der Waals surface area contributed by atoms with Crippen molar-refractivity contribution in [2.24, 2.45) is 0 Å². The van der Waals surface area contributed by atoms with E-state index in [0.29, 0.717) is 31.8 Å². The number of benzene rings is 2. The number of rotatable bonds is 13. The van der Waals surface area contributed by atoms with Crippen molar-refractivity contribution in [1.82, 2.24) is 0 Å². The van der Waals surface area contributed by atoms with Crippen LogP contribution in [-0.4, -0.2) is 42.6 Å². The molecule has 6 nitrogen and oxygen atoms in total. The van der Waals surface area contributed by atoms with E-state index in [1.54, 1.807) is 6.92 Å². The van der Waals surface area contributed by atoms with Crippen molar-refractivity contribution < 1.29 is 28.8 Å². The van der Waals surface area contributed by atoms with Crippen molar-refractivity contribution >= 4 is 12.0 Å². The third-order valence-corrected chi connectivity index (χ3v) is 6.76. The molecule has 0 amide bonds. The smallest absolute Gasteiger partial charge is 0.333 e. The zero-order valence-electron chi connectivity index (χ0n) is 21.2. The molecular weight excluding hydrogens is 456 g/mol. The Bertz CT molecular complexity index is 951. The maximum absolute atomic E-state index is 11.3. The van der Waals surface area contributed by atoms with Gasteiger partial charge in [-0.1, -0.05) is 18.2 Å². The lowest BCUT2D eigenvalue weighted by Crippen LogP contribution is -2.26. The number of hydrogen-bond donors (Lipinski definition) is 1. The first-order chi connectivity index (χ1) is 17.6. The lowest BCUT2D eigenvalue weighted by molar-refractivity contribution is -0.149. The molecule has 2 aliphatic rings. The van der Waals surface area contributed by atoms with E-state index in [4.69, 9.17) is 18.9 Å². The Labute approximate surface area is 214 Å². The number of carboxylic acid groups (broad SMARTS) is 1. The minimum Gasteiger partial charge on any atom is -0.490 e. The fourth-order valence-corrected chi connectivity index (χ4v) is 4.91. The van der Waals surface area contributed by atoms with Crippen molar-refractivity contribution in [2.45, 2.75) is 83.0 Å². The molecule has 0 radical (unpaired) electrons. The van der Waals surface area contributed by atoms with Gasteiger partial charge in [-0.2, -0.15) is 0 Å². The van der Waals surface area contributed by atoms with Crippen LogP contribution in [0.2, 0.25) is 0 Å². The molecule has 0 heterocycles. The van der Waals surface area contributed by atoms with Gasteiger partial charge in [-0.3, -0.25) is 0 Å². The summed E-state index contributed by atoms with van der Waals surface area (Å²) in [6.07, 6.45) is 13.5. The number of carbonyl (C=O) groups is 1. The van der Waals surface area contributed by atoms with E-state index in [-0.39, 0.29) is 0 Å². The molecule has 6 heteroatoms. The van der Waals surface area contributed by atoms with Gasteiger partial charge in [0.1, 0.15) is 23.9 Å². The van der Waals surface area contributed by atoms with Gasteiger partial charge in [0.25, 0.3) is 0 Å². The third-order valence-electron chi connectivity index (χ3n) is 6.76. The fourth-order valence-electron chi connectivity index (χ4n) is 4.91. The molecule has 36 heavy (non-hydrogen) atoms. The second kappa shape index (κ2) is 13.4. The average molecular weight is 495 g/mol. The van der Waals surface area contributed by atoms with Crippen LogP contribution in [0, 0.1) is 0 Å². The fraction of sp³-hybridized carbons (Fsp3) is 0.500. The number of ether oxygens (including phenoxy) is 4. The number of hydrogen-bond acceptors (Lipinski definition) is 5. The van der Waals surface area contributed by atoms with E-state index in [1.807, 2.05) is 42.5 Å². The van der Waals surface area contributed by atoms with Gasteiger partial charge < -0.3 is 24.1 Å². The topological polar surface area (TPSA) is 74.2 Å². The molecule has 2 saturated carbocycles. The van der Waals surface area contributed by atoms with E-state index in [0.717, 1.165) is 54.1 Å². The Hall–Kier alpha value is -2.99. The van der Waals surface area contributed by atoms with E-state index < -0.39 is 12.1 Å². The third kappa shape index (κ3) is 8.02. The van der Waals surface area contributed by atoms with Crippen LogP contribution < -0.4 is 14.2 Å². The zero-order chi connectivity index (χ0) is 25.2. The SMILES string of the molecule is CCOC(Cc1ccc(OCC=Cc2cc(OC3CCCC3)cc(OC3CCCC3)c2)cc1)C(=O)O. The molecule has 4 rings (SSSR count). The molecule has 1 unspecified atom stereocenters. The first kappa shape index (κ1) is 26.1. The molecule has 0 saturated heterocycles. The van der Waals surface area contributed by atoms with E-state index in [2.05, 4.69) is 12.1 Å². The van der Waals surface area contributed by atoms with Gasteiger partial charge in [0, 0.05) is 19.1 Å². The summed E-state index contributed by atoms with van der Waals surface area (Å²) in [4.78, 5) is 11.3. The largest absolute Gasteiger partial charge is 0.490 e. The normalized spacial score (nSPS) is 17.5. The summed E-state index contributed by atoms with van der Waals surface area (Å²) in [5.74, 6) is 1.53. The van der Waals surface area contributed by atoms with Gasteiger partial charge in [0.05, 0.1) is 12.2 Å². The van der Waals surface area contributed by atoms with Crippen molar-refractivity contribution in [3.8, 4) is 17.2 Å². The summed E-state index contributed by atoms with van der Waals surface area (Å²) in [6, 6.07) is 13.7. The summed E-state index contributed by atoms with van der Waals surface area (Å²) in [6.45, 7) is 2.58. The second-order valence-electron chi connectivity index (χ2n) is 9.63. The van der Waals surface area contributed by atoms with Crippen LogP contribution in [0.3, 0.4) is 0 Å². The zero-order valence-corrected chi connectivity index (χ0v) is 21.2. The lowest BCUT2D eigenvalue weighted by atomic mass is 10.1. The molecule has 2 aromatic rings. The first-order valence-corrected chi connectivity index (χ1v) is 13.3. The van der Waals surface area contributed by atoms with Crippen LogP contribution in [0.5, 0.6) is 17.2 Å². The molecule has 2 fully saturated rings. The predicted octanol–water partition coefficient (Wildman–Crippen LogP) is 6.45. The van der Waals surface area contributed by atoms with Crippen LogP contribution in [0.4, 0.5) is 0 Å². The first-order valence-electron chi connectivity index (χ1n) is 13.3. The highest BCUT2D eigenvalue weighted by Gasteiger charge is 2.20. The maximum Gasteiger partial charge on any atom is 0.333 e. The Morgan fingerprint density at radius 3 is 2.03 bits per heavy atom. The van der Waals surface area contributed by atoms with Gasteiger partial charge in [-0.05, 0) is 99.8 Å². The van der Waals surface area contributed by atoms with E-state index in [9.17, 15) is 9.90 Å². The van der Waals surface area contributed by atoms with Crippen LogP contribution in [0.1, 0.15) is 69.4 Å². The van der Waals surface area contributed by atoms with Gasteiger partial charge >= 0.3 is 5.97 Å². The summed E-state index contributed by atoms with van der Waals surface area (Å²) >= 11 is 0. The Morgan fingerprint density at radius 2 is 1.50 bits per heavy atom. The highest BCUT2D eigenvalue weighted by Crippen LogP contribution is 2.31. The molecular formula is C30H38O6. The van der Waals surface area contributed by atoms with E-state index >= 15 is 0 Å². The Morgan fingerprint density at radius 1 is 0.917 bits per heavy atom. The van der Waals surface area contributed by atoms with Gasteiger partial charge in [0.15, 0.2) is 6.10 Å². The Kier molecular flexibility index (Phi) is 9.68.